The first kappa shape index (κ1) is 16.7. The summed E-state index contributed by atoms with van der Waals surface area (Å²) in [6.07, 6.45) is 6.81. The van der Waals surface area contributed by atoms with Gasteiger partial charge < -0.3 is 10.2 Å². The third-order valence-electron chi connectivity index (χ3n) is 4.22. The van der Waals surface area contributed by atoms with E-state index in [4.69, 9.17) is 11.6 Å². The van der Waals surface area contributed by atoms with Crippen molar-refractivity contribution in [3.8, 4) is 0 Å². The fraction of sp³-hybridized carbons (Fsp3) is 0.389. The zero-order valence-corrected chi connectivity index (χ0v) is 14.7. The van der Waals surface area contributed by atoms with Crippen molar-refractivity contribution >= 4 is 29.0 Å². The van der Waals surface area contributed by atoms with Gasteiger partial charge in [0.2, 0.25) is 0 Å². The van der Waals surface area contributed by atoms with Crippen LogP contribution in [0.15, 0.2) is 24.5 Å². The van der Waals surface area contributed by atoms with Crippen LogP contribution in [0.4, 0.5) is 11.5 Å². The van der Waals surface area contributed by atoms with Crippen molar-refractivity contribution in [1.82, 2.24) is 9.97 Å². The summed E-state index contributed by atoms with van der Waals surface area (Å²) in [6.45, 7) is 5.88. The molecule has 1 aromatic heterocycles. The van der Waals surface area contributed by atoms with E-state index in [1.165, 1.54) is 25.5 Å². The quantitative estimate of drug-likeness (QED) is 0.914. The standard InChI is InChI=1S/C18H21ClN4O/c1-12-8-13(2)17(14(19)9-12)22-18(24)15-10-21-16(11-20-15)23-6-4-3-5-7-23/h8-11H,3-7H2,1-2H3,(H,22,24). The lowest BCUT2D eigenvalue weighted by Gasteiger charge is -2.27. The van der Waals surface area contributed by atoms with Gasteiger partial charge in [-0.1, -0.05) is 17.7 Å². The predicted octanol–water partition coefficient (Wildman–Crippen LogP) is 3.99. The lowest BCUT2D eigenvalue weighted by Crippen LogP contribution is -2.30. The van der Waals surface area contributed by atoms with Gasteiger partial charge in [0.05, 0.1) is 23.1 Å². The summed E-state index contributed by atoms with van der Waals surface area (Å²) in [5, 5.41) is 3.36. The van der Waals surface area contributed by atoms with Gasteiger partial charge in [0.15, 0.2) is 0 Å². The van der Waals surface area contributed by atoms with Gasteiger partial charge in [-0.3, -0.25) is 4.79 Å². The Labute approximate surface area is 147 Å². The number of rotatable bonds is 3. The number of carbonyl (C=O) groups excluding carboxylic acids is 1. The monoisotopic (exact) mass is 344 g/mol. The lowest BCUT2D eigenvalue weighted by atomic mass is 10.1. The third kappa shape index (κ3) is 3.67. The van der Waals surface area contributed by atoms with Crippen LogP contribution in [0.3, 0.4) is 0 Å². The molecule has 0 radical (unpaired) electrons. The molecule has 5 nitrogen and oxygen atoms in total. The molecule has 0 bridgehead atoms. The molecule has 0 unspecified atom stereocenters. The zero-order chi connectivity index (χ0) is 17.1. The highest BCUT2D eigenvalue weighted by atomic mass is 35.5. The smallest absolute Gasteiger partial charge is 0.275 e. The van der Waals surface area contributed by atoms with Crippen LogP contribution in [0.2, 0.25) is 5.02 Å². The normalized spacial score (nSPS) is 14.5. The number of halogens is 1. The van der Waals surface area contributed by atoms with E-state index in [0.717, 1.165) is 30.0 Å². The van der Waals surface area contributed by atoms with E-state index in [9.17, 15) is 4.79 Å². The van der Waals surface area contributed by atoms with E-state index in [1.54, 1.807) is 6.20 Å². The summed E-state index contributed by atoms with van der Waals surface area (Å²) in [7, 11) is 0. The molecule has 0 spiro atoms. The largest absolute Gasteiger partial charge is 0.355 e. The summed E-state index contributed by atoms with van der Waals surface area (Å²) in [5.41, 5.74) is 2.88. The van der Waals surface area contributed by atoms with Crippen LogP contribution in [-0.4, -0.2) is 29.0 Å². The first-order valence-corrected chi connectivity index (χ1v) is 8.57. The number of carbonyl (C=O) groups is 1. The van der Waals surface area contributed by atoms with Gasteiger partial charge in [0.25, 0.3) is 5.91 Å². The molecule has 0 saturated carbocycles. The number of aromatic nitrogens is 2. The van der Waals surface area contributed by atoms with Gasteiger partial charge in [-0.15, -0.1) is 0 Å². The first-order valence-electron chi connectivity index (χ1n) is 8.19. The highest BCUT2D eigenvalue weighted by Gasteiger charge is 2.15. The molecular formula is C18H21ClN4O. The summed E-state index contributed by atoms with van der Waals surface area (Å²) in [6, 6.07) is 3.81. The summed E-state index contributed by atoms with van der Waals surface area (Å²) in [5.74, 6) is 0.525. The number of benzene rings is 1. The second kappa shape index (κ2) is 7.18. The topological polar surface area (TPSA) is 58.1 Å². The van der Waals surface area contributed by atoms with E-state index >= 15 is 0 Å². The number of anilines is 2. The molecule has 0 aliphatic carbocycles. The van der Waals surface area contributed by atoms with Crippen molar-refractivity contribution in [2.24, 2.45) is 0 Å². The number of piperidine rings is 1. The van der Waals surface area contributed by atoms with Crippen LogP contribution in [-0.2, 0) is 0 Å². The van der Waals surface area contributed by atoms with Crippen molar-refractivity contribution in [2.45, 2.75) is 33.1 Å². The molecule has 1 aliphatic rings. The molecule has 126 valence electrons. The Hall–Kier alpha value is -2.14. The van der Waals surface area contributed by atoms with Gasteiger partial charge in [0, 0.05) is 13.1 Å². The fourth-order valence-corrected chi connectivity index (χ4v) is 3.34. The van der Waals surface area contributed by atoms with Crippen molar-refractivity contribution < 1.29 is 4.79 Å². The van der Waals surface area contributed by atoms with Crippen molar-refractivity contribution in [3.63, 3.8) is 0 Å². The maximum atomic E-state index is 12.4. The van der Waals surface area contributed by atoms with Crippen molar-refractivity contribution in [2.75, 3.05) is 23.3 Å². The van der Waals surface area contributed by atoms with Crippen LogP contribution in [0, 0.1) is 13.8 Å². The van der Waals surface area contributed by atoms with Crippen molar-refractivity contribution in [3.05, 3.63) is 46.4 Å². The number of nitrogens with one attached hydrogen (secondary N) is 1. The number of aryl methyl sites for hydroxylation is 2. The first-order chi connectivity index (χ1) is 11.5. The van der Waals surface area contributed by atoms with E-state index in [-0.39, 0.29) is 11.6 Å². The molecule has 2 heterocycles. The molecule has 1 N–H and O–H groups in total. The molecule has 1 aromatic carbocycles. The van der Waals surface area contributed by atoms with Gasteiger partial charge in [-0.25, -0.2) is 9.97 Å². The summed E-state index contributed by atoms with van der Waals surface area (Å²) in [4.78, 5) is 23.3. The Kier molecular flexibility index (Phi) is 5.00. The second-order valence-electron chi connectivity index (χ2n) is 6.20. The molecule has 1 saturated heterocycles. The van der Waals surface area contributed by atoms with E-state index < -0.39 is 0 Å². The van der Waals surface area contributed by atoms with Crippen LogP contribution in [0.1, 0.15) is 40.9 Å². The van der Waals surface area contributed by atoms with Crippen LogP contribution < -0.4 is 10.2 Å². The Morgan fingerprint density at radius 2 is 1.88 bits per heavy atom. The molecule has 24 heavy (non-hydrogen) atoms. The number of nitrogens with zero attached hydrogens (tertiary/aromatic N) is 3. The molecular weight excluding hydrogens is 324 g/mol. The highest BCUT2D eigenvalue weighted by Crippen LogP contribution is 2.27. The zero-order valence-electron chi connectivity index (χ0n) is 14.0. The number of hydrogen-bond acceptors (Lipinski definition) is 4. The number of amides is 1. The fourth-order valence-electron chi connectivity index (χ4n) is 2.98. The van der Waals surface area contributed by atoms with E-state index in [2.05, 4.69) is 20.2 Å². The molecule has 1 aliphatic heterocycles. The Morgan fingerprint density at radius 3 is 2.50 bits per heavy atom. The minimum atomic E-state index is -0.304. The lowest BCUT2D eigenvalue weighted by molar-refractivity contribution is 0.102. The Morgan fingerprint density at radius 1 is 1.12 bits per heavy atom. The predicted molar refractivity (Wildman–Crippen MR) is 97.0 cm³/mol. The van der Waals surface area contributed by atoms with Crippen molar-refractivity contribution in [1.29, 1.82) is 0 Å². The summed E-state index contributed by atoms with van der Waals surface area (Å²) >= 11 is 6.24. The third-order valence-corrected chi connectivity index (χ3v) is 4.52. The SMILES string of the molecule is Cc1cc(C)c(NC(=O)c2cnc(N3CCCCC3)cn2)c(Cl)c1. The molecule has 1 amide bonds. The molecule has 6 heteroatoms. The molecule has 0 atom stereocenters. The second-order valence-corrected chi connectivity index (χ2v) is 6.61. The summed E-state index contributed by atoms with van der Waals surface area (Å²) < 4.78 is 0. The Bertz CT molecular complexity index is 716. The molecule has 1 fully saturated rings. The minimum absolute atomic E-state index is 0.284. The van der Waals surface area contributed by atoms with Gasteiger partial charge in [-0.2, -0.15) is 0 Å². The van der Waals surface area contributed by atoms with Crippen LogP contribution in [0.25, 0.3) is 0 Å². The van der Waals surface area contributed by atoms with Gasteiger partial charge >= 0.3 is 0 Å². The van der Waals surface area contributed by atoms with E-state index in [0.29, 0.717) is 10.7 Å². The van der Waals surface area contributed by atoms with E-state index in [1.807, 2.05) is 26.0 Å². The molecule has 2 aromatic rings. The Balaban J connectivity index is 1.73. The van der Waals surface area contributed by atoms with Gasteiger partial charge in [-0.05, 0) is 50.3 Å². The van der Waals surface area contributed by atoms with Gasteiger partial charge in [0.1, 0.15) is 11.5 Å². The minimum Gasteiger partial charge on any atom is -0.355 e. The average Bonchev–Trinajstić information content (AvgIpc) is 2.59. The highest BCUT2D eigenvalue weighted by molar-refractivity contribution is 6.34. The van der Waals surface area contributed by atoms with Crippen LogP contribution in [0.5, 0.6) is 0 Å². The molecule has 3 rings (SSSR count). The number of hydrogen-bond donors (Lipinski definition) is 1. The maximum absolute atomic E-state index is 12.4. The maximum Gasteiger partial charge on any atom is 0.275 e. The van der Waals surface area contributed by atoms with Crippen LogP contribution >= 0.6 is 11.6 Å². The average molecular weight is 345 g/mol.